The molecule has 0 fully saturated rings. The molecule has 0 aliphatic carbocycles. The van der Waals surface area contributed by atoms with Gasteiger partial charge in [-0.2, -0.15) is 0 Å². The van der Waals surface area contributed by atoms with Crippen LogP contribution in [0.2, 0.25) is 0 Å². The first kappa shape index (κ1) is 18.2. The maximum atomic E-state index is 12.5. The van der Waals surface area contributed by atoms with E-state index in [0.717, 1.165) is 5.56 Å². The highest BCUT2D eigenvalue weighted by Gasteiger charge is 2.25. The van der Waals surface area contributed by atoms with Crippen molar-refractivity contribution in [2.24, 2.45) is 5.73 Å². The number of nitrogens with zero attached hydrogens (tertiary/aromatic N) is 1. The van der Waals surface area contributed by atoms with Gasteiger partial charge in [-0.1, -0.05) is 30.3 Å². The lowest BCUT2D eigenvalue weighted by atomic mass is 10.0. The zero-order valence-corrected chi connectivity index (χ0v) is 13.9. The average molecular weight is 343 g/mol. The van der Waals surface area contributed by atoms with Crippen molar-refractivity contribution in [3.05, 3.63) is 54.1 Å². The fourth-order valence-electron chi connectivity index (χ4n) is 2.42. The number of primary amides is 1. The molecular weight excluding hydrogens is 322 g/mol. The smallest absolute Gasteiger partial charge is 0.243 e. The van der Waals surface area contributed by atoms with Crippen molar-refractivity contribution in [3.63, 3.8) is 0 Å². The van der Waals surface area contributed by atoms with Crippen molar-refractivity contribution in [1.82, 2.24) is 20.6 Å². The third kappa shape index (κ3) is 5.76. The standard InChI is InChI=1S/C17H21N5O3/c1-11(23)21-15(8-13-9-19-10-20-13)17(25)22-14(16(18)24)7-12-5-3-2-4-6-12/h2-6,9-10,14-15H,7-8H2,1H3,(H2,18,24)(H,19,20)(H,21,23)(H,22,25)/t14-,15-/m0/s1. The van der Waals surface area contributed by atoms with Gasteiger partial charge in [0.2, 0.25) is 17.7 Å². The topological polar surface area (TPSA) is 130 Å². The molecule has 1 aromatic carbocycles. The molecule has 8 heteroatoms. The Balaban J connectivity index is 2.07. The number of aromatic nitrogens is 2. The van der Waals surface area contributed by atoms with E-state index in [1.54, 1.807) is 6.20 Å². The zero-order valence-electron chi connectivity index (χ0n) is 13.9. The average Bonchev–Trinajstić information content (AvgIpc) is 3.07. The van der Waals surface area contributed by atoms with E-state index in [2.05, 4.69) is 20.6 Å². The normalized spacial score (nSPS) is 12.8. The van der Waals surface area contributed by atoms with E-state index >= 15 is 0 Å². The van der Waals surface area contributed by atoms with E-state index in [-0.39, 0.29) is 18.7 Å². The van der Waals surface area contributed by atoms with Gasteiger partial charge in [-0.15, -0.1) is 0 Å². The molecule has 0 aliphatic rings. The second-order valence-electron chi connectivity index (χ2n) is 5.69. The molecule has 2 aromatic rings. The second-order valence-corrected chi connectivity index (χ2v) is 5.69. The van der Waals surface area contributed by atoms with Crippen molar-refractivity contribution < 1.29 is 14.4 Å². The predicted octanol–water partition coefficient (Wildman–Crippen LogP) is -0.330. The number of nitrogens with two attached hydrogens (primary N) is 1. The number of imidazole rings is 1. The summed E-state index contributed by atoms with van der Waals surface area (Å²) >= 11 is 0. The molecule has 25 heavy (non-hydrogen) atoms. The van der Waals surface area contributed by atoms with Crippen LogP contribution in [0.3, 0.4) is 0 Å². The molecule has 2 atom stereocenters. The maximum Gasteiger partial charge on any atom is 0.243 e. The van der Waals surface area contributed by atoms with Gasteiger partial charge in [0.15, 0.2) is 0 Å². The second kappa shape index (κ2) is 8.62. The highest BCUT2D eigenvalue weighted by atomic mass is 16.2. The lowest BCUT2D eigenvalue weighted by Gasteiger charge is -2.21. The van der Waals surface area contributed by atoms with Gasteiger partial charge in [-0.25, -0.2) is 4.98 Å². The highest BCUT2D eigenvalue weighted by Crippen LogP contribution is 2.05. The number of amides is 3. The van der Waals surface area contributed by atoms with Gasteiger partial charge in [0.25, 0.3) is 0 Å². The Morgan fingerprint density at radius 3 is 2.40 bits per heavy atom. The quantitative estimate of drug-likeness (QED) is 0.523. The molecule has 2 rings (SSSR count). The SMILES string of the molecule is CC(=O)N[C@@H](Cc1cnc[nH]1)C(=O)N[C@@H](Cc1ccccc1)C(N)=O. The molecule has 5 N–H and O–H groups in total. The molecule has 0 unspecified atom stereocenters. The van der Waals surface area contributed by atoms with Crippen LogP contribution in [0.15, 0.2) is 42.9 Å². The van der Waals surface area contributed by atoms with Crippen molar-refractivity contribution >= 4 is 17.7 Å². The minimum atomic E-state index is -0.868. The minimum Gasteiger partial charge on any atom is -0.368 e. The van der Waals surface area contributed by atoms with E-state index in [1.165, 1.54) is 13.3 Å². The summed E-state index contributed by atoms with van der Waals surface area (Å²) in [4.78, 5) is 42.4. The number of carbonyl (C=O) groups excluding carboxylic acids is 3. The molecule has 0 bridgehead atoms. The van der Waals surface area contributed by atoms with Crippen LogP contribution in [0.5, 0.6) is 0 Å². The van der Waals surface area contributed by atoms with Gasteiger partial charge in [0.05, 0.1) is 6.33 Å². The first-order valence-corrected chi connectivity index (χ1v) is 7.83. The summed E-state index contributed by atoms with van der Waals surface area (Å²) in [5.74, 6) is -1.47. The Hall–Kier alpha value is -3.16. The van der Waals surface area contributed by atoms with Crippen molar-refractivity contribution in [3.8, 4) is 0 Å². The Morgan fingerprint density at radius 1 is 1.12 bits per heavy atom. The Kier molecular flexibility index (Phi) is 6.27. The van der Waals surface area contributed by atoms with Gasteiger partial charge >= 0.3 is 0 Å². The summed E-state index contributed by atoms with van der Waals surface area (Å²) in [6.45, 7) is 1.32. The molecular formula is C17H21N5O3. The third-order valence-electron chi connectivity index (χ3n) is 3.62. The minimum absolute atomic E-state index is 0.224. The third-order valence-corrected chi connectivity index (χ3v) is 3.62. The fraction of sp³-hybridized carbons (Fsp3) is 0.294. The Morgan fingerprint density at radius 2 is 1.84 bits per heavy atom. The summed E-state index contributed by atoms with van der Waals surface area (Å²) in [7, 11) is 0. The Labute approximate surface area is 145 Å². The van der Waals surface area contributed by atoms with Gasteiger partial charge in [0, 0.05) is 31.7 Å². The first-order valence-electron chi connectivity index (χ1n) is 7.83. The van der Waals surface area contributed by atoms with E-state index in [0.29, 0.717) is 5.69 Å². The van der Waals surface area contributed by atoms with Crippen molar-refractivity contribution in [2.45, 2.75) is 31.8 Å². The van der Waals surface area contributed by atoms with Gasteiger partial charge < -0.3 is 21.4 Å². The van der Waals surface area contributed by atoms with E-state index in [4.69, 9.17) is 5.73 Å². The van der Waals surface area contributed by atoms with Crippen LogP contribution in [0.1, 0.15) is 18.2 Å². The summed E-state index contributed by atoms with van der Waals surface area (Å²) in [5.41, 5.74) is 6.97. The molecule has 0 radical (unpaired) electrons. The van der Waals surface area contributed by atoms with Crippen LogP contribution < -0.4 is 16.4 Å². The zero-order chi connectivity index (χ0) is 18.2. The molecule has 1 aromatic heterocycles. The fourth-order valence-corrected chi connectivity index (χ4v) is 2.42. The first-order chi connectivity index (χ1) is 12.0. The van der Waals surface area contributed by atoms with Crippen LogP contribution >= 0.6 is 0 Å². The number of benzene rings is 1. The molecule has 0 spiro atoms. The van der Waals surface area contributed by atoms with Gasteiger partial charge in [0.1, 0.15) is 12.1 Å². The lowest BCUT2D eigenvalue weighted by Crippen LogP contribution is -2.54. The molecule has 132 valence electrons. The van der Waals surface area contributed by atoms with Crippen LogP contribution in [-0.4, -0.2) is 39.8 Å². The maximum absolute atomic E-state index is 12.5. The Bertz CT molecular complexity index is 715. The number of hydrogen-bond donors (Lipinski definition) is 4. The van der Waals surface area contributed by atoms with Crippen LogP contribution in [-0.2, 0) is 27.2 Å². The van der Waals surface area contributed by atoms with Crippen LogP contribution in [0.25, 0.3) is 0 Å². The monoisotopic (exact) mass is 343 g/mol. The van der Waals surface area contributed by atoms with Crippen molar-refractivity contribution in [2.75, 3.05) is 0 Å². The lowest BCUT2D eigenvalue weighted by molar-refractivity contribution is -0.130. The number of aromatic amines is 1. The number of nitrogens with one attached hydrogen (secondary N) is 3. The molecule has 0 saturated heterocycles. The van der Waals surface area contributed by atoms with E-state index < -0.39 is 23.9 Å². The van der Waals surface area contributed by atoms with Gasteiger partial charge in [-0.05, 0) is 5.56 Å². The molecule has 8 nitrogen and oxygen atoms in total. The highest BCUT2D eigenvalue weighted by molar-refractivity contribution is 5.91. The number of carbonyl (C=O) groups is 3. The number of H-pyrrole nitrogens is 1. The van der Waals surface area contributed by atoms with E-state index in [1.807, 2.05) is 30.3 Å². The van der Waals surface area contributed by atoms with Crippen LogP contribution in [0.4, 0.5) is 0 Å². The number of hydrogen-bond acceptors (Lipinski definition) is 4. The summed E-state index contributed by atoms with van der Waals surface area (Å²) in [6, 6.07) is 7.53. The molecule has 0 aliphatic heterocycles. The van der Waals surface area contributed by atoms with E-state index in [9.17, 15) is 14.4 Å². The largest absolute Gasteiger partial charge is 0.368 e. The molecule has 1 heterocycles. The molecule has 0 saturated carbocycles. The van der Waals surface area contributed by atoms with Crippen LogP contribution in [0, 0.1) is 0 Å². The summed E-state index contributed by atoms with van der Waals surface area (Å²) < 4.78 is 0. The molecule has 3 amide bonds. The van der Waals surface area contributed by atoms with Crippen molar-refractivity contribution in [1.29, 1.82) is 0 Å². The number of rotatable bonds is 8. The predicted molar refractivity (Wildman–Crippen MR) is 91.2 cm³/mol. The van der Waals surface area contributed by atoms with Gasteiger partial charge in [-0.3, -0.25) is 14.4 Å². The summed E-state index contributed by atoms with van der Waals surface area (Å²) in [6.07, 6.45) is 3.55. The summed E-state index contributed by atoms with van der Waals surface area (Å²) in [5, 5.41) is 5.20.